The van der Waals surface area contributed by atoms with E-state index in [-0.39, 0.29) is 11.8 Å². The minimum Gasteiger partial charge on any atom is -0.354 e. The Morgan fingerprint density at radius 1 is 1.07 bits per heavy atom. The number of amides is 2. The van der Waals surface area contributed by atoms with Gasteiger partial charge in [-0.3, -0.25) is 9.59 Å². The molecule has 7 heteroatoms. The lowest BCUT2D eigenvalue weighted by Crippen LogP contribution is -2.49. The highest BCUT2D eigenvalue weighted by molar-refractivity contribution is 7.99. The molecule has 2 aromatic carbocycles. The number of carbonyl (C=O) groups is 2. The van der Waals surface area contributed by atoms with Gasteiger partial charge in [-0.25, -0.2) is 0 Å². The molecular weight excluding hydrogens is 439 g/mol. The van der Waals surface area contributed by atoms with Crippen LogP contribution in [-0.4, -0.2) is 41.6 Å². The van der Waals surface area contributed by atoms with Crippen LogP contribution in [0.3, 0.4) is 0 Å². The summed E-state index contributed by atoms with van der Waals surface area (Å²) in [4.78, 5) is 27.1. The maximum Gasteiger partial charge on any atom is 0.242 e. The molecule has 2 aromatic rings. The third kappa shape index (κ3) is 7.86. The lowest BCUT2D eigenvalue weighted by Gasteiger charge is -2.28. The molecule has 0 aliphatic rings. The van der Waals surface area contributed by atoms with Gasteiger partial charge in [-0.15, -0.1) is 11.8 Å². The summed E-state index contributed by atoms with van der Waals surface area (Å²) in [5, 5.41) is 3.91. The largest absolute Gasteiger partial charge is 0.354 e. The van der Waals surface area contributed by atoms with E-state index >= 15 is 0 Å². The van der Waals surface area contributed by atoms with Gasteiger partial charge in [-0.1, -0.05) is 66.5 Å². The molecule has 2 rings (SSSR count). The Labute approximate surface area is 193 Å². The van der Waals surface area contributed by atoms with Crippen LogP contribution in [0.4, 0.5) is 0 Å². The fourth-order valence-corrected chi connectivity index (χ4v) is 4.11. The average Bonchev–Trinajstić information content (AvgIpc) is 2.75. The number of hydrogen-bond acceptors (Lipinski definition) is 3. The van der Waals surface area contributed by atoms with E-state index in [2.05, 4.69) is 5.32 Å². The van der Waals surface area contributed by atoms with Gasteiger partial charge in [0.2, 0.25) is 11.8 Å². The van der Waals surface area contributed by atoms with Crippen molar-refractivity contribution in [2.45, 2.75) is 38.5 Å². The van der Waals surface area contributed by atoms with E-state index in [1.807, 2.05) is 49.4 Å². The molecule has 0 saturated heterocycles. The summed E-state index contributed by atoms with van der Waals surface area (Å²) < 4.78 is 0. The summed E-state index contributed by atoms with van der Waals surface area (Å²) in [6.45, 7) is 4.90. The van der Waals surface area contributed by atoms with Gasteiger partial charge >= 0.3 is 0 Å². The quantitative estimate of drug-likeness (QED) is 0.494. The van der Waals surface area contributed by atoms with Crippen molar-refractivity contribution in [3.63, 3.8) is 0 Å². The zero-order valence-electron chi connectivity index (χ0n) is 17.4. The molecule has 0 bridgehead atoms. The predicted octanol–water partition coefficient (Wildman–Crippen LogP) is 5.21. The van der Waals surface area contributed by atoms with Crippen molar-refractivity contribution in [2.24, 2.45) is 0 Å². The molecule has 0 aromatic heterocycles. The van der Waals surface area contributed by atoms with Crippen LogP contribution in [0.15, 0.2) is 48.5 Å². The Bertz CT molecular complexity index is 833. The molecule has 0 spiro atoms. The smallest absolute Gasteiger partial charge is 0.242 e. The van der Waals surface area contributed by atoms with Crippen molar-refractivity contribution < 1.29 is 9.59 Å². The molecule has 30 heavy (non-hydrogen) atoms. The molecule has 0 aliphatic carbocycles. The van der Waals surface area contributed by atoms with Crippen molar-refractivity contribution in [1.29, 1.82) is 0 Å². The molecule has 0 aliphatic heterocycles. The van der Waals surface area contributed by atoms with Gasteiger partial charge in [-0.05, 0) is 43.0 Å². The molecular formula is C23H28Cl2N2O2S. The second-order valence-electron chi connectivity index (χ2n) is 7.03. The molecule has 0 radical (unpaired) electrons. The highest BCUT2D eigenvalue weighted by atomic mass is 35.5. The second-order valence-corrected chi connectivity index (χ2v) is 8.83. The third-order valence-electron chi connectivity index (χ3n) is 4.68. The standard InChI is InChI=1S/C23H28Cl2N2O2S/c1-3-12-26-23(29)17(2)27(13-11-18-7-5-4-6-8-18)22(28)16-30-15-19-9-10-20(24)21(25)14-19/h4-10,14,17H,3,11-13,15-16H2,1-2H3,(H,26,29)/t17-/m1/s1. The molecule has 0 saturated carbocycles. The topological polar surface area (TPSA) is 49.4 Å². The predicted molar refractivity (Wildman–Crippen MR) is 127 cm³/mol. The molecule has 0 heterocycles. The molecule has 162 valence electrons. The van der Waals surface area contributed by atoms with Crippen molar-refractivity contribution >= 4 is 46.8 Å². The van der Waals surface area contributed by atoms with Crippen molar-refractivity contribution in [2.75, 3.05) is 18.8 Å². The monoisotopic (exact) mass is 466 g/mol. The maximum absolute atomic E-state index is 13.0. The number of carbonyl (C=O) groups excluding carboxylic acids is 2. The first-order valence-electron chi connectivity index (χ1n) is 10.0. The lowest BCUT2D eigenvalue weighted by atomic mass is 10.1. The number of rotatable bonds is 11. The van der Waals surface area contributed by atoms with E-state index in [1.165, 1.54) is 11.8 Å². The van der Waals surface area contributed by atoms with E-state index in [0.717, 1.165) is 17.5 Å². The zero-order valence-corrected chi connectivity index (χ0v) is 19.7. The Balaban J connectivity index is 1.98. The van der Waals surface area contributed by atoms with Gasteiger partial charge in [0.05, 0.1) is 15.8 Å². The number of nitrogens with one attached hydrogen (secondary N) is 1. The summed E-state index contributed by atoms with van der Waals surface area (Å²) in [6.07, 6.45) is 1.56. The maximum atomic E-state index is 13.0. The first kappa shape index (κ1) is 24.6. The zero-order chi connectivity index (χ0) is 21.9. The molecule has 2 amide bonds. The van der Waals surface area contributed by atoms with Gasteiger partial charge in [-0.2, -0.15) is 0 Å². The van der Waals surface area contributed by atoms with Gasteiger partial charge in [0.15, 0.2) is 0 Å². The summed E-state index contributed by atoms with van der Waals surface area (Å²) >= 11 is 13.5. The van der Waals surface area contributed by atoms with E-state index in [1.54, 1.807) is 17.9 Å². The minimum atomic E-state index is -0.515. The fourth-order valence-electron chi connectivity index (χ4n) is 2.93. The molecule has 1 atom stereocenters. The number of thioether (sulfide) groups is 1. The highest BCUT2D eigenvalue weighted by Crippen LogP contribution is 2.24. The summed E-state index contributed by atoms with van der Waals surface area (Å²) in [5.74, 6) is 0.773. The van der Waals surface area contributed by atoms with E-state index < -0.39 is 6.04 Å². The van der Waals surface area contributed by atoms with Crippen LogP contribution in [0.25, 0.3) is 0 Å². The number of benzene rings is 2. The summed E-state index contributed by atoms with van der Waals surface area (Å²) in [7, 11) is 0. The van der Waals surface area contributed by atoms with Crippen molar-refractivity contribution in [3.8, 4) is 0 Å². The molecule has 4 nitrogen and oxygen atoms in total. The minimum absolute atomic E-state index is 0.0462. The van der Waals surface area contributed by atoms with Crippen molar-refractivity contribution in [3.05, 3.63) is 69.7 Å². The van der Waals surface area contributed by atoms with Crippen LogP contribution in [0.1, 0.15) is 31.4 Å². The van der Waals surface area contributed by atoms with Crippen LogP contribution in [0.2, 0.25) is 10.0 Å². The number of nitrogens with zero attached hydrogens (tertiary/aromatic N) is 1. The van der Waals surface area contributed by atoms with Crippen LogP contribution in [0, 0.1) is 0 Å². The second kappa shape index (κ2) is 12.9. The Hall–Kier alpha value is -1.69. The van der Waals surface area contributed by atoms with Gasteiger partial charge in [0.25, 0.3) is 0 Å². The highest BCUT2D eigenvalue weighted by Gasteiger charge is 2.25. The van der Waals surface area contributed by atoms with Gasteiger partial charge in [0, 0.05) is 18.8 Å². The first-order chi connectivity index (χ1) is 14.4. The summed E-state index contributed by atoms with van der Waals surface area (Å²) in [6, 6.07) is 14.9. The van der Waals surface area contributed by atoms with E-state index in [9.17, 15) is 9.59 Å². The van der Waals surface area contributed by atoms with E-state index in [0.29, 0.717) is 41.1 Å². The first-order valence-corrected chi connectivity index (χ1v) is 12.0. The fraction of sp³-hybridized carbons (Fsp3) is 0.391. The van der Waals surface area contributed by atoms with Gasteiger partial charge in [0.1, 0.15) is 6.04 Å². The summed E-state index contributed by atoms with van der Waals surface area (Å²) in [5.41, 5.74) is 2.15. The number of hydrogen-bond donors (Lipinski definition) is 1. The van der Waals surface area contributed by atoms with Crippen LogP contribution < -0.4 is 5.32 Å². The van der Waals surface area contributed by atoms with Crippen LogP contribution in [-0.2, 0) is 21.8 Å². The third-order valence-corrected chi connectivity index (χ3v) is 6.41. The Kier molecular flexibility index (Phi) is 10.6. The average molecular weight is 467 g/mol. The molecule has 0 fully saturated rings. The van der Waals surface area contributed by atoms with Crippen molar-refractivity contribution in [1.82, 2.24) is 10.2 Å². The SMILES string of the molecule is CCCNC(=O)[C@@H](C)N(CCc1ccccc1)C(=O)CSCc1ccc(Cl)c(Cl)c1. The molecule has 0 unspecified atom stereocenters. The number of halogens is 2. The lowest BCUT2D eigenvalue weighted by molar-refractivity contribution is -0.137. The van der Waals surface area contributed by atoms with Crippen LogP contribution in [0.5, 0.6) is 0 Å². The Morgan fingerprint density at radius 2 is 1.80 bits per heavy atom. The Morgan fingerprint density at radius 3 is 2.47 bits per heavy atom. The van der Waals surface area contributed by atoms with E-state index in [4.69, 9.17) is 23.2 Å². The van der Waals surface area contributed by atoms with Gasteiger partial charge < -0.3 is 10.2 Å². The normalized spacial score (nSPS) is 11.7. The van der Waals surface area contributed by atoms with Crippen LogP contribution >= 0.6 is 35.0 Å². The molecule has 1 N–H and O–H groups in total.